The van der Waals surface area contributed by atoms with Gasteiger partial charge in [0.1, 0.15) is 0 Å². The summed E-state index contributed by atoms with van der Waals surface area (Å²) in [6.07, 6.45) is 7.23. The average Bonchev–Trinajstić information content (AvgIpc) is 2.66. The molecule has 1 N–H and O–H groups in total. The molecule has 0 aliphatic heterocycles. The highest BCUT2D eigenvalue weighted by Crippen LogP contribution is 1.92. The molecular formula is C10H13N3. The molecule has 1 aromatic heterocycles. The minimum Gasteiger partial charge on any atom is -0.293 e. The SMILES string of the molecule is C/C=C(C)\C=N/C(=N)n1cccc1. The third-order valence-electron chi connectivity index (χ3n) is 1.69. The fourth-order valence-corrected chi connectivity index (χ4v) is 0.780. The second kappa shape index (κ2) is 4.40. The Balaban J connectivity index is 2.67. The number of hydrogen-bond acceptors (Lipinski definition) is 1. The van der Waals surface area contributed by atoms with Crippen LogP contribution in [-0.4, -0.2) is 16.7 Å². The van der Waals surface area contributed by atoms with Crippen LogP contribution in [0.25, 0.3) is 0 Å². The number of hydrogen-bond donors (Lipinski definition) is 1. The van der Waals surface area contributed by atoms with Crippen LogP contribution in [0.3, 0.4) is 0 Å². The molecule has 0 atom stereocenters. The van der Waals surface area contributed by atoms with Crippen molar-refractivity contribution in [1.82, 2.24) is 4.57 Å². The molecule has 0 spiro atoms. The molecule has 0 saturated carbocycles. The summed E-state index contributed by atoms with van der Waals surface area (Å²) < 4.78 is 1.65. The maximum atomic E-state index is 7.55. The molecule has 1 aromatic rings. The largest absolute Gasteiger partial charge is 0.293 e. The quantitative estimate of drug-likeness (QED) is 0.502. The van der Waals surface area contributed by atoms with Gasteiger partial charge in [-0.1, -0.05) is 6.08 Å². The Morgan fingerprint density at radius 3 is 2.54 bits per heavy atom. The molecule has 1 heterocycles. The Morgan fingerprint density at radius 1 is 1.38 bits per heavy atom. The van der Waals surface area contributed by atoms with Crippen molar-refractivity contribution in [3.8, 4) is 0 Å². The summed E-state index contributed by atoms with van der Waals surface area (Å²) in [5.74, 6) is 0.228. The molecular weight excluding hydrogens is 162 g/mol. The number of allylic oxidation sites excluding steroid dienone is 2. The molecule has 0 saturated heterocycles. The van der Waals surface area contributed by atoms with E-state index in [4.69, 9.17) is 5.41 Å². The van der Waals surface area contributed by atoms with Gasteiger partial charge in [0, 0.05) is 18.6 Å². The smallest absolute Gasteiger partial charge is 0.226 e. The van der Waals surface area contributed by atoms with E-state index in [0.29, 0.717) is 0 Å². The topological polar surface area (TPSA) is 41.1 Å². The van der Waals surface area contributed by atoms with Gasteiger partial charge in [-0.15, -0.1) is 0 Å². The predicted molar refractivity (Wildman–Crippen MR) is 55.5 cm³/mol. The van der Waals surface area contributed by atoms with Gasteiger partial charge < -0.3 is 0 Å². The van der Waals surface area contributed by atoms with E-state index in [1.165, 1.54) is 0 Å². The van der Waals surface area contributed by atoms with Gasteiger partial charge in [0.25, 0.3) is 0 Å². The summed E-state index contributed by atoms with van der Waals surface area (Å²) in [6.45, 7) is 3.90. The van der Waals surface area contributed by atoms with Gasteiger partial charge in [0.05, 0.1) is 0 Å². The second-order valence-electron chi connectivity index (χ2n) is 2.70. The van der Waals surface area contributed by atoms with Crippen molar-refractivity contribution in [2.24, 2.45) is 4.99 Å². The third-order valence-corrected chi connectivity index (χ3v) is 1.69. The van der Waals surface area contributed by atoms with E-state index in [9.17, 15) is 0 Å². The molecule has 0 radical (unpaired) electrons. The predicted octanol–water partition coefficient (Wildman–Crippen LogP) is 2.31. The summed E-state index contributed by atoms with van der Waals surface area (Å²) in [7, 11) is 0. The second-order valence-corrected chi connectivity index (χ2v) is 2.70. The summed E-state index contributed by atoms with van der Waals surface area (Å²) in [4.78, 5) is 3.99. The lowest BCUT2D eigenvalue weighted by molar-refractivity contribution is 1.11. The van der Waals surface area contributed by atoms with E-state index in [-0.39, 0.29) is 5.96 Å². The van der Waals surface area contributed by atoms with Crippen molar-refractivity contribution >= 4 is 12.2 Å². The van der Waals surface area contributed by atoms with Gasteiger partial charge in [-0.25, -0.2) is 4.99 Å². The number of nitrogens with zero attached hydrogens (tertiary/aromatic N) is 2. The molecule has 1 rings (SSSR count). The van der Waals surface area contributed by atoms with Gasteiger partial charge >= 0.3 is 0 Å². The highest BCUT2D eigenvalue weighted by atomic mass is 15.1. The number of rotatable bonds is 1. The zero-order chi connectivity index (χ0) is 9.68. The fraction of sp³-hybridized carbons (Fsp3) is 0.200. The van der Waals surface area contributed by atoms with Crippen molar-refractivity contribution in [3.05, 3.63) is 36.2 Å². The fourth-order valence-electron chi connectivity index (χ4n) is 0.780. The van der Waals surface area contributed by atoms with E-state index in [2.05, 4.69) is 4.99 Å². The van der Waals surface area contributed by atoms with Crippen molar-refractivity contribution in [1.29, 1.82) is 5.41 Å². The summed E-state index contributed by atoms with van der Waals surface area (Å²) in [5, 5.41) is 7.55. The van der Waals surface area contributed by atoms with Crippen molar-refractivity contribution in [3.63, 3.8) is 0 Å². The molecule has 0 aromatic carbocycles. The number of aliphatic imine (C=N–C) groups is 1. The van der Waals surface area contributed by atoms with E-state index in [0.717, 1.165) is 5.57 Å². The summed E-state index contributed by atoms with van der Waals surface area (Å²) in [5.41, 5.74) is 1.05. The van der Waals surface area contributed by atoms with Crippen LogP contribution in [0.1, 0.15) is 13.8 Å². The van der Waals surface area contributed by atoms with E-state index in [1.54, 1.807) is 23.2 Å². The molecule has 3 nitrogen and oxygen atoms in total. The monoisotopic (exact) mass is 175 g/mol. The van der Waals surface area contributed by atoms with E-state index in [1.807, 2.05) is 32.1 Å². The maximum absolute atomic E-state index is 7.55. The first-order chi connectivity index (χ1) is 6.24. The zero-order valence-electron chi connectivity index (χ0n) is 7.86. The minimum absolute atomic E-state index is 0.228. The lowest BCUT2D eigenvalue weighted by Gasteiger charge is -1.96. The Hall–Kier alpha value is -1.64. The van der Waals surface area contributed by atoms with Crippen LogP contribution in [-0.2, 0) is 0 Å². The first-order valence-electron chi connectivity index (χ1n) is 4.13. The van der Waals surface area contributed by atoms with Gasteiger partial charge in [0.15, 0.2) is 0 Å². The highest BCUT2D eigenvalue weighted by molar-refractivity contribution is 5.92. The van der Waals surface area contributed by atoms with Crippen molar-refractivity contribution in [2.75, 3.05) is 0 Å². The lowest BCUT2D eigenvalue weighted by Crippen LogP contribution is -2.04. The van der Waals surface area contributed by atoms with Crippen LogP contribution in [0.2, 0.25) is 0 Å². The standard InChI is InChI=1S/C10H13N3/c1-3-9(2)8-12-10(11)13-6-4-5-7-13/h3-8,11H,1-2H3/b9-3-,11-10?,12-8-. The van der Waals surface area contributed by atoms with Gasteiger partial charge in [0.2, 0.25) is 5.96 Å². The Morgan fingerprint density at radius 2 is 2.00 bits per heavy atom. The molecule has 68 valence electrons. The maximum Gasteiger partial charge on any atom is 0.226 e. The Bertz CT molecular complexity index is 331. The minimum atomic E-state index is 0.228. The van der Waals surface area contributed by atoms with Crippen LogP contribution in [0.5, 0.6) is 0 Å². The van der Waals surface area contributed by atoms with Crippen LogP contribution in [0.15, 0.2) is 41.2 Å². The first kappa shape index (κ1) is 9.45. The summed E-state index contributed by atoms with van der Waals surface area (Å²) in [6, 6.07) is 3.74. The van der Waals surface area contributed by atoms with Crippen molar-refractivity contribution in [2.45, 2.75) is 13.8 Å². The van der Waals surface area contributed by atoms with Gasteiger partial charge in [-0.3, -0.25) is 9.98 Å². The average molecular weight is 175 g/mol. The number of aromatic nitrogens is 1. The molecule has 0 aliphatic rings. The molecule has 0 unspecified atom stereocenters. The van der Waals surface area contributed by atoms with E-state index >= 15 is 0 Å². The molecule has 0 fully saturated rings. The molecule has 0 amide bonds. The molecule has 0 aliphatic carbocycles. The molecule has 0 bridgehead atoms. The van der Waals surface area contributed by atoms with Crippen molar-refractivity contribution < 1.29 is 0 Å². The highest BCUT2D eigenvalue weighted by Gasteiger charge is 1.92. The molecule has 13 heavy (non-hydrogen) atoms. The first-order valence-corrected chi connectivity index (χ1v) is 4.13. The van der Waals surface area contributed by atoms with Crippen LogP contribution in [0.4, 0.5) is 0 Å². The van der Waals surface area contributed by atoms with Gasteiger partial charge in [-0.05, 0) is 31.6 Å². The third kappa shape index (κ3) is 2.71. The Kier molecular flexibility index (Phi) is 3.20. The van der Waals surface area contributed by atoms with Crippen LogP contribution >= 0.6 is 0 Å². The number of nitrogens with one attached hydrogen (secondary N) is 1. The van der Waals surface area contributed by atoms with Crippen LogP contribution in [0, 0.1) is 5.41 Å². The van der Waals surface area contributed by atoms with Crippen LogP contribution < -0.4 is 0 Å². The van der Waals surface area contributed by atoms with E-state index < -0.39 is 0 Å². The Labute approximate surface area is 77.9 Å². The molecule has 3 heteroatoms. The van der Waals surface area contributed by atoms with Gasteiger partial charge in [-0.2, -0.15) is 0 Å². The summed E-state index contributed by atoms with van der Waals surface area (Å²) >= 11 is 0. The zero-order valence-corrected chi connectivity index (χ0v) is 7.86. The lowest BCUT2D eigenvalue weighted by atomic mass is 10.3. The normalized spacial score (nSPS) is 12.3.